The SMILES string of the molecule is [C-]#[N+]/C(c1nc2cc(C)ccc2o1)=c1\c2c(-c3cccc(OCCCCCCCCCCCCCCCCCC)c3)n(B(c3ccccc3)c3ccccc3)/c(=C(/C#N)c3nc4cc(C)ccc4o3)c2c(-c2cccc(OCCCCCCCCCCCCCCCCCC)c2)n1B(c1ccccc1)c1ccccc1. The maximum Gasteiger partial charge on any atom is 0.328 e. The Kier molecular flexibility index (Phi) is 30.5. The second kappa shape index (κ2) is 42.2. The molecule has 0 spiro atoms. The Morgan fingerprint density at radius 1 is 0.391 bits per heavy atom. The third-order valence-electron chi connectivity index (χ3n) is 22.1. The maximum atomic E-state index is 12.7. The molecule has 12 aromatic rings. The molecular formula is C98H114B2N6O4. The fraction of sp³-hybridized carbons (Fsp3) is 0.388. The number of oxazole rings is 2. The van der Waals surface area contributed by atoms with Crippen LogP contribution in [0.4, 0.5) is 0 Å². The third-order valence-corrected chi connectivity index (χ3v) is 22.1. The van der Waals surface area contributed by atoms with E-state index in [2.05, 4.69) is 187 Å². The van der Waals surface area contributed by atoms with Gasteiger partial charge in [-0.1, -0.05) is 386 Å². The Morgan fingerprint density at radius 3 is 1.07 bits per heavy atom. The summed E-state index contributed by atoms with van der Waals surface area (Å²) in [6, 6.07) is 73.9. The lowest BCUT2D eigenvalue weighted by Crippen LogP contribution is -2.54. The molecule has 0 radical (unpaired) electrons. The molecule has 0 bridgehead atoms. The van der Waals surface area contributed by atoms with Gasteiger partial charge in [-0.05, 0) is 86.3 Å². The van der Waals surface area contributed by atoms with Crippen LogP contribution in [-0.4, -0.2) is 45.8 Å². The lowest BCUT2D eigenvalue weighted by Gasteiger charge is -2.24. The van der Waals surface area contributed by atoms with Crippen LogP contribution in [0.1, 0.15) is 242 Å². The number of benzene rings is 8. The van der Waals surface area contributed by atoms with Crippen LogP contribution in [-0.2, 0) is 0 Å². The van der Waals surface area contributed by atoms with E-state index in [0.29, 0.717) is 68.4 Å². The van der Waals surface area contributed by atoms with E-state index in [0.717, 1.165) is 81.2 Å². The summed E-state index contributed by atoms with van der Waals surface area (Å²) in [5, 5.41) is 15.1. The van der Waals surface area contributed by atoms with Gasteiger partial charge < -0.3 is 27.3 Å². The highest BCUT2D eigenvalue weighted by Crippen LogP contribution is 2.39. The molecule has 0 saturated heterocycles. The van der Waals surface area contributed by atoms with Crippen molar-refractivity contribution >= 4 is 79.8 Å². The summed E-state index contributed by atoms with van der Waals surface area (Å²) in [5.74, 6) is 1.76. The van der Waals surface area contributed by atoms with Crippen LogP contribution in [0, 0.1) is 31.8 Å². The minimum Gasteiger partial charge on any atom is -0.494 e. The molecule has 0 aliphatic heterocycles. The van der Waals surface area contributed by atoms with Crippen molar-refractivity contribution in [3.8, 4) is 40.1 Å². The maximum absolute atomic E-state index is 12.7. The Hall–Kier alpha value is -10.0. The van der Waals surface area contributed by atoms with E-state index in [1.807, 2.05) is 62.4 Å². The molecule has 8 aromatic carbocycles. The quantitative estimate of drug-likeness (QED) is 0.0212. The van der Waals surface area contributed by atoms with Crippen LogP contribution in [0.25, 0.3) is 71.6 Å². The molecule has 0 aliphatic carbocycles. The van der Waals surface area contributed by atoms with E-state index in [9.17, 15) is 11.8 Å². The van der Waals surface area contributed by atoms with Crippen LogP contribution >= 0.6 is 0 Å². The van der Waals surface area contributed by atoms with Gasteiger partial charge in [0.15, 0.2) is 11.2 Å². The highest BCUT2D eigenvalue weighted by molar-refractivity contribution is 6.85. The lowest BCUT2D eigenvalue weighted by atomic mass is 9.50. The van der Waals surface area contributed by atoms with Crippen molar-refractivity contribution in [2.24, 2.45) is 0 Å². The normalized spacial score (nSPS) is 12.1. The fourth-order valence-electron chi connectivity index (χ4n) is 16.3. The Balaban J connectivity index is 1.03. The van der Waals surface area contributed by atoms with Crippen LogP contribution < -0.4 is 42.0 Å². The van der Waals surface area contributed by atoms with Crippen molar-refractivity contribution in [1.82, 2.24) is 18.9 Å². The molecule has 10 nitrogen and oxygen atoms in total. The number of rotatable bonds is 46. The van der Waals surface area contributed by atoms with Crippen LogP contribution in [0.5, 0.6) is 11.5 Å². The number of unbranched alkanes of at least 4 members (excludes halogenated alkanes) is 30. The molecule has 4 aromatic heterocycles. The van der Waals surface area contributed by atoms with Crippen molar-refractivity contribution in [2.45, 2.75) is 233 Å². The molecule has 12 heteroatoms. The second-order valence-corrected chi connectivity index (χ2v) is 30.6. The van der Waals surface area contributed by atoms with Crippen molar-refractivity contribution in [3.05, 3.63) is 251 Å². The van der Waals surface area contributed by atoms with E-state index in [-0.39, 0.29) is 23.1 Å². The number of aromatic nitrogens is 4. The number of nitriles is 1. The van der Waals surface area contributed by atoms with Crippen LogP contribution in [0.15, 0.2) is 215 Å². The van der Waals surface area contributed by atoms with Crippen molar-refractivity contribution < 1.29 is 18.3 Å². The molecular weight excluding hydrogens is 1350 g/mol. The third kappa shape index (κ3) is 20.9. The number of hydrogen-bond donors (Lipinski definition) is 0. The van der Waals surface area contributed by atoms with Crippen LogP contribution in [0.3, 0.4) is 0 Å². The van der Waals surface area contributed by atoms with Crippen molar-refractivity contribution in [3.63, 3.8) is 0 Å². The minimum atomic E-state index is -0.606. The summed E-state index contributed by atoms with van der Waals surface area (Å²) in [4.78, 5) is 15.3. The molecule has 0 N–H and O–H groups in total. The highest BCUT2D eigenvalue weighted by Gasteiger charge is 2.38. The van der Waals surface area contributed by atoms with Crippen LogP contribution in [0.2, 0.25) is 0 Å². The smallest absolute Gasteiger partial charge is 0.328 e. The van der Waals surface area contributed by atoms with Crippen molar-refractivity contribution in [1.29, 1.82) is 5.26 Å². The fourth-order valence-corrected chi connectivity index (χ4v) is 16.3. The summed E-state index contributed by atoms with van der Waals surface area (Å²) in [6.45, 7) is 18.4. The standard InChI is InChI=1S/C98H114B2N6O4/c1-6-8-10-12-14-16-18-20-22-24-26-28-30-32-34-48-68-107-83-62-50-52-77(72-83)93-90-91(96(92(102-5)98-104-87-71-76(4)65-67-89(87)110-98)106(93)100(81-58-44-38-45-59-81)82-60-46-39-47-61-82)94(78-53-51-63-84(73-78)108-69-49-35-33-31-29-27-25-23-21-19-17-15-13-11-9-7-2)105(99(79-54-40-36-41-55-79)80-56-42-37-43-57-80)95(90)85(74-101)97-103-86-70-75(3)64-66-88(86)109-97/h36-47,50-67,70-73H,6-35,48-49,68-69H2,1-4H3/b95-85-,96-92+. The molecule has 0 unspecified atom stereocenters. The van der Waals surface area contributed by atoms with E-state index in [4.69, 9.17) is 33.1 Å². The molecule has 0 saturated carbocycles. The van der Waals surface area contributed by atoms with Gasteiger partial charge >= 0.3 is 13.7 Å². The predicted molar refractivity (Wildman–Crippen MR) is 461 cm³/mol. The molecule has 0 aliphatic rings. The molecule has 566 valence electrons. The zero-order chi connectivity index (χ0) is 75.9. The Morgan fingerprint density at radius 2 is 0.718 bits per heavy atom. The number of nitrogens with zero attached hydrogens (tertiary/aromatic N) is 6. The average Bonchev–Trinajstić information content (AvgIpc) is 1.52. The highest BCUT2D eigenvalue weighted by atomic mass is 16.5. The van der Waals surface area contributed by atoms with Gasteiger partial charge in [-0.3, -0.25) is 0 Å². The van der Waals surface area contributed by atoms with Gasteiger partial charge in [0.05, 0.1) is 30.5 Å². The van der Waals surface area contributed by atoms with Gasteiger partial charge in [-0.2, -0.15) is 5.26 Å². The van der Waals surface area contributed by atoms with Gasteiger partial charge in [0, 0.05) is 33.3 Å². The zero-order valence-electron chi connectivity index (χ0n) is 66.1. The molecule has 0 atom stereocenters. The summed E-state index contributed by atoms with van der Waals surface area (Å²) in [5.41, 5.74) is 11.8. The van der Waals surface area contributed by atoms with Gasteiger partial charge in [0.25, 0.3) is 5.70 Å². The van der Waals surface area contributed by atoms with E-state index >= 15 is 0 Å². The largest absolute Gasteiger partial charge is 0.494 e. The van der Waals surface area contributed by atoms with Gasteiger partial charge in [0.1, 0.15) is 34.2 Å². The zero-order valence-corrected chi connectivity index (χ0v) is 66.1. The number of fused-ring (bicyclic) bond motifs is 3. The second-order valence-electron chi connectivity index (χ2n) is 30.6. The average molecular weight is 1460 g/mol. The van der Waals surface area contributed by atoms with Gasteiger partial charge in [-0.25, -0.2) is 14.8 Å². The molecule has 4 heterocycles. The molecule has 110 heavy (non-hydrogen) atoms. The van der Waals surface area contributed by atoms with E-state index < -0.39 is 13.7 Å². The molecule has 0 amide bonds. The summed E-state index contributed by atoms with van der Waals surface area (Å²) < 4.78 is 32.5. The first kappa shape index (κ1) is 79.5. The summed E-state index contributed by atoms with van der Waals surface area (Å²) in [6.07, 6.45) is 41.4. The van der Waals surface area contributed by atoms with Gasteiger partial charge in [-0.15, -0.1) is 0 Å². The first-order valence-electron chi connectivity index (χ1n) is 42.1. The molecule has 12 rings (SSSR count). The molecule has 0 fully saturated rings. The van der Waals surface area contributed by atoms with E-state index in [1.54, 1.807) is 0 Å². The van der Waals surface area contributed by atoms with E-state index in [1.165, 1.54) is 180 Å². The topological polar surface area (TPSA) is 109 Å². The minimum absolute atomic E-state index is 0.165. The Bertz CT molecular complexity index is 4650. The monoisotopic (exact) mass is 1460 g/mol. The first-order chi connectivity index (χ1) is 54.3. The number of ether oxygens (including phenoxy) is 2. The van der Waals surface area contributed by atoms with Gasteiger partial charge in [0.2, 0.25) is 11.8 Å². The number of aryl methyl sites for hydroxylation is 2. The van der Waals surface area contributed by atoms with Crippen molar-refractivity contribution in [2.75, 3.05) is 13.2 Å². The summed E-state index contributed by atoms with van der Waals surface area (Å²) in [7, 11) is 0. The Labute approximate surface area is 656 Å². The lowest BCUT2D eigenvalue weighted by molar-refractivity contribution is 0.304. The summed E-state index contributed by atoms with van der Waals surface area (Å²) >= 11 is 0. The first-order valence-corrected chi connectivity index (χ1v) is 42.1. The number of hydrogen-bond acceptors (Lipinski definition) is 7. The predicted octanol–water partition coefficient (Wildman–Crippen LogP) is 23.1.